The number of nitrogens with one attached hydrogen (secondary N) is 1. The minimum atomic E-state index is 0.0860. The maximum atomic E-state index is 12.6. The van der Waals surface area contributed by atoms with Crippen LogP contribution in [0.4, 0.5) is 0 Å². The van der Waals surface area contributed by atoms with E-state index in [1.807, 2.05) is 48.3 Å². The monoisotopic (exact) mass is 344 g/mol. The Balaban J connectivity index is 1.63. The molecule has 1 heterocycles. The Morgan fingerprint density at radius 3 is 2.75 bits per heavy atom. The first-order valence-corrected chi connectivity index (χ1v) is 8.51. The summed E-state index contributed by atoms with van der Waals surface area (Å²) in [5.74, 6) is 1.99. The lowest BCUT2D eigenvalue weighted by Crippen LogP contribution is -2.30. The topological polar surface area (TPSA) is 41.6 Å². The summed E-state index contributed by atoms with van der Waals surface area (Å²) in [4.78, 5) is 14.5. The summed E-state index contributed by atoms with van der Waals surface area (Å²) in [6.07, 6.45) is 1.06. The van der Waals surface area contributed by atoms with Crippen molar-refractivity contribution in [1.29, 1.82) is 0 Å². The van der Waals surface area contributed by atoms with Gasteiger partial charge < -0.3 is 15.0 Å². The van der Waals surface area contributed by atoms with Crippen molar-refractivity contribution < 1.29 is 9.53 Å². The molecule has 0 saturated carbocycles. The molecule has 0 radical (unpaired) electrons. The van der Waals surface area contributed by atoms with Gasteiger partial charge in [-0.05, 0) is 68.4 Å². The maximum absolute atomic E-state index is 12.6. The molecular formula is C19H21ClN2O2. The lowest BCUT2D eigenvalue weighted by Gasteiger charge is -2.17. The number of nitrogens with zero attached hydrogens (tertiary/aromatic N) is 1. The molecular weight excluding hydrogens is 324 g/mol. The van der Waals surface area contributed by atoms with E-state index in [2.05, 4.69) is 5.32 Å². The van der Waals surface area contributed by atoms with Gasteiger partial charge in [-0.3, -0.25) is 4.79 Å². The van der Waals surface area contributed by atoms with Gasteiger partial charge in [-0.15, -0.1) is 0 Å². The highest BCUT2D eigenvalue weighted by atomic mass is 35.5. The Kier molecular flexibility index (Phi) is 5.38. The molecule has 5 heteroatoms. The molecule has 2 aromatic rings. The number of ether oxygens (including phenoxy) is 1. The van der Waals surface area contributed by atoms with Crippen molar-refractivity contribution in [3.8, 4) is 11.5 Å². The first-order valence-electron chi connectivity index (χ1n) is 8.13. The summed E-state index contributed by atoms with van der Waals surface area (Å²) in [5.41, 5.74) is 0.693. The number of rotatable bonds is 5. The Hall–Kier alpha value is -2.04. The number of carbonyl (C=O) groups excluding carboxylic acids is 1. The molecule has 2 aromatic carbocycles. The van der Waals surface area contributed by atoms with Gasteiger partial charge >= 0.3 is 0 Å². The van der Waals surface area contributed by atoms with Crippen LogP contribution in [-0.4, -0.2) is 37.5 Å². The fraction of sp³-hybridized carbons (Fsp3) is 0.316. The quantitative estimate of drug-likeness (QED) is 0.896. The number of carbonyl (C=O) groups is 1. The second kappa shape index (κ2) is 7.69. The number of benzene rings is 2. The third kappa shape index (κ3) is 4.08. The Bertz CT molecular complexity index is 703. The summed E-state index contributed by atoms with van der Waals surface area (Å²) in [6.45, 7) is 2.60. The van der Waals surface area contributed by atoms with Crippen molar-refractivity contribution in [3.05, 3.63) is 59.1 Å². The third-order valence-electron chi connectivity index (χ3n) is 4.20. The molecule has 1 atom stereocenters. The highest BCUT2D eigenvalue weighted by Crippen LogP contribution is 2.25. The van der Waals surface area contributed by atoms with E-state index >= 15 is 0 Å². The van der Waals surface area contributed by atoms with E-state index < -0.39 is 0 Å². The predicted octanol–water partition coefficient (Wildman–Crippen LogP) is 3.81. The lowest BCUT2D eigenvalue weighted by atomic mass is 10.1. The van der Waals surface area contributed by atoms with E-state index in [-0.39, 0.29) is 5.91 Å². The molecule has 1 unspecified atom stereocenters. The first-order chi connectivity index (χ1) is 11.7. The number of halogens is 1. The molecule has 0 spiro atoms. The number of likely N-dealkylation sites (tertiary alicyclic amines) is 1. The molecule has 1 N–H and O–H groups in total. The zero-order chi connectivity index (χ0) is 16.9. The van der Waals surface area contributed by atoms with E-state index in [4.69, 9.17) is 16.3 Å². The van der Waals surface area contributed by atoms with Crippen molar-refractivity contribution in [2.24, 2.45) is 5.92 Å². The normalized spacial score (nSPS) is 17.1. The first kappa shape index (κ1) is 16.8. The van der Waals surface area contributed by atoms with Crippen LogP contribution in [0.5, 0.6) is 11.5 Å². The van der Waals surface area contributed by atoms with E-state index in [0.717, 1.165) is 26.1 Å². The summed E-state index contributed by atoms with van der Waals surface area (Å²) in [7, 11) is 1.95. The van der Waals surface area contributed by atoms with Crippen LogP contribution in [0.25, 0.3) is 0 Å². The Morgan fingerprint density at radius 2 is 2.04 bits per heavy atom. The van der Waals surface area contributed by atoms with Crippen LogP contribution in [0.15, 0.2) is 48.5 Å². The molecule has 24 heavy (non-hydrogen) atoms. The van der Waals surface area contributed by atoms with Crippen molar-refractivity contribution in [3.63, 3.8) is 0 Å². The van der Waals surface area contributed by atoms with Gasteiger partial charge in [-0.2, -0.15) is 0 Å². The standard InChI is InChI=1S/C19H21ClN2O2/c1-21-12-14-9-10-22(13-14)19(23)15-5-7-17(8-6-15)24-18-4-2-3-16(20)11-18/h2-8,11,14,21H,9-10,12-13H2,1H3. The SMILES string of the molecule is CNCC1CCN(C(=O)c2ccc(Oc3cccc(Cl)c3)cc2)C1. The van der Waals surface area contributed by atoms with Gasteiger partial charge in [0.25, 0.3) is 5.91 Å². The molecule has 3 rings (SSSR count). The van der Waals surface area contributed by atoms with Gasteiger partial charge in [-0.25, -0.2) is 0 Å². The van der Waals surface area contributed by atoms with Crippen LogP contribution in [0, 0.1) is 5.92 Å². The number of hydrogen-bond acceptors (Lipinski definition) is 3. The molecule has 0 aromatic heterocycles. The van der Waals surface area contributed by atoms with E-state index in [1.165, 1.54) is 0 Å². The number of amides is 1. The zero-order valence-corrected chi connectivity index (χ0v) is 14.4. The van der Waals surface area contributed by atoms with Gasteiger partial charge in [0.15, 0.2) is 0 Å². The Labute approximate surface area is 147 Å². The van der Waals surface area contributed by atoms with Gasteiger partial charge in [0.1, 0.15) is 11.5 Å². The van der Waals surface area contributed by atoms with Crippen molar-refractivity contribution in [2.45, 2.75) is 6.42 Å². The second-order valence-corrected chi connectivity index (χ2v) is 6.48. The van der Waals surface area contributed by atoms with Crippen molar-refractivity contribution in [2.75, 3.05) is 26.7 Å². The fourth-order valence-corrected chi connectivity index (χ4v) is 3.17. The van der Waals surface area contributed by atoms with E-state index in [0.29, 0.717) is 28.0 Å². The van der Waals surface area contributed by atoms with Crippen molar-refractivity contribution >= 4 is 17.5 Å². The third-order valence-corrected chi connectivity index (χ3v) is 4.43. The molecule has 1 aliphatic heterocycles. The van der Waals surface area contributed by atoms with Gasteiger partial charge in [0, 0.05) is 23.7 Å². The fourth-order valence-electron chi connectivity index (χ4n) is 2.99. The molecule has 0 aliphatic carbocycles. The summed E-state index contributed by atoms with van der Waals surface area (Å²) >= 11 is 5.95. The van der Waals surface area contributed by atoms with Gasteiger partial charge in [0.2, 0.25) is 0 Å². The molecule has 4 nitrogen and oxygen atoms in total. The van der Waals surface area contributed by atoms with Crippen LogP contribution in [0.2, 0.25) is 5.02 Å². The largest absolute Gasteiger partial charge is 0.457 e. The van der Waals surface area contributed by atoms with Gasteiger partial charge in [0.05, 0.1) is 0 Å². The van der Waals surface area contributed by atoms with Gasteiger partial charge in [-0.1, -0.05) is 17.7 Å². The average molecular weight is 345 g/mol. The lowest BCUT2D eigenvalue weighted by molar-refractivity contribution is 0.0787. The number of hydrogen-bond donors (Lipinski definition) is 1. The summed E-state index contributed by atoms with van der Waals surface area (Å²) in [6, 6.07) is 14.5. The highest BCUT2D eigenvalue weighted by molar-refractivity contribution is 6.30. The Morgan fingerprint density at radius 1 is 1.25 bits per heavy atom. The van der Waals surface area contributed by atoms with E-state index in [1.54, 1.807) is 12.1 Å². The van der Waals surface area contributed by atoms with Crippen LogP contribution < -0.4 is 10.1 Å². The molecule has 126 valence electrons. The molecule has 1 aliphatic rings. The van der Waals surface area contributed by atoms with Crippen LogP contribution in [0.1, 0.15) is 16.8 Å². The molecule has 1 amide bonds. The van der Waals surface area contributed by atoms with E-state index in [9.17, 15) is 4.79 Å². The average Bonchev–Trinajstić information content (AvgIpc) is 3.04. The minimum absolute atomic E-state index is 0.0860. The predicted molar refractivity (Wildman–Crippen MR) is 95.9 cm³/mol. The molecule has 1 fully saturated rings. The second-order valence-electron chi connectivity index (χ2n) is 6.05. The highest BCUT2D eigenvalue weighted by Gasteiger charge is 2.26. The van der Waals surface area contributed by atoms with Crippen LogP contribution >= 0.6 is 11.6 Å². The van der Waals surface area contributed by atoms with Crippen molar-refractivity contribution in [1.82, 2.24) is 10.2 Å². The van der Waals surface area contributed by atoms with Crippen LogP contribution in [0.3, 0.4) is 0 Å². The summed E-state index contributed by atoms with van der Waals surface area (Å²) < 4.78 is 5.75. The summed E-state index contributed by atoms with van der Waals surface area (Å²) in [5, 5.41) is 3.81. The van der Waals surface area contributed by atoms with Crippen LogP contribution in [-0.2, 0) is 0 Å². The zero-order valence-electron chi connectivity index (χ0n) is 13.7. The molecule has 0 bridgehead atoms. The minimum Gasteiger partial charge on any atom is -0.457 e. The maximum Gasteiger partial charge on any atom is 0.253 e. The smallest absolute Gasteiger partial charge is 0.253 e. The molecule has 1 saturated heterocycles.